The zero-order chi connectivity index (χ0) is 22.8. The number of nitrogens with zero attached hydrogens (tertiary/aromatic N) is 2. The van der Waals surface area contributed by atoms with Crippen molar-refractivity contribution in [1.29, 1.82) is 0 Å². The molecule has 8 heteroatoms. The molecule has 2 aromatic carbocycles. The molecule has 0 saturated heterocycles. The Hall–Kier alpha value is -3.87. The molecule has 1 amide bonds. The Morgan fingerprint density at radius 2 is 1.85 bits per heavy atom. The first-order chi connectivity index (χ1) is 16.1. The normalized spacial score (nSPS) is 11.3. The first kappa shape index (κ1) is 21.0. The number of anilines is 1. The Balaban J connectivity index is 1.29. The quantitative estimate of drug-likeness (QED) is 0.274. The second-order valence-corrected chi connectivity index (χ2v) is 7.84. The molecule has 5 rings (SSSR count). The maximum Gasteiger partial charge on any atom is 0.248 e. The fourth-order valence-electron chi connectivity index (χ4n) is 3.25. The molecule has 0 radical (unpaired) electrons. The van der Waals surface area contributed by atoms with E-state index < -0.39 is 0 Å². The third-order valence-corrected chi connectivity index (χ3v) is 5.60. The van der Waals surface area contributed by atoms with E-state index in [-0.39, 0.29) is 5.91 Å². The zero-order valence-corrected chi connectivity index (χ0v) is 18.5. The van der Waals surface area contributed by atoms with Gasteiger partial charge >= 0.3 is 0 Å². The summed E-state index contributed by atoms with van der Waals surface area (Å²) in [5, 5.41) is 3.68. The average molecular weight is 476 g/mol. The molecule has 3 heterocycles. The van der Waals surface area contributed by atoms with Crippen LogP contribution in [0.2, 0.25) is 10.0 Å². The van der Waals surface area contributed by atoms with Gasteiger partial charge in [-0.15, -0.1) is 0 Å². The van der Waals surface area contributed by atoms with Gasteiger partial charge in [0.1, 0.15) is 11.5 Å². The van der Waals surface area contributed by atoms with Gasteiger partial charge in [0.05, 0.1) is 10.0 Å². The van der Waals surface area contributed by atoms with Crippen LogP contribution >= 0.6 is 23.2 Å². The molecule has 0 saturated carbocycles. The lowest BCUT2D eigenvalue weighted by Gasteiger charge is -2.03. The Bertz CT molecular complexity index is 1470. The minimum absolute atomic E-state index is 0.315. The Kier molecular flexibility index (Phi) is 5.69. The van der Waals surface area contributed by atoms with Gasteiger partial charge in [-0.3, -0.25) is 4.79 Å². The smallest absolute Gasteiger partial charge is 0.248 e. The highest BCUT2D eigenvalue weighted by atomic mass is 35.5. The number of furan rings is 1. The van der Waals surface area contributed by atoms with E-state index in [0.717, 1.165) is 5.56 Å². The van der Waals surface area contributed by atoms with Crippen molar-refractivity contribution in [2.75, 3.05) is 5.32 Å². The number of hydrogen-bond donors (Lipinski definition) is 1. The van der Waals surface area contributed by atoms with Crippen LogP contribution in [0.15, 0.2) is 87.8 Å². The van der Waals surface area contributed by atoms with E-state index in [1.54, 1.807) is 60.8 Å². The SMILES string of the molecule is O=C(C=Cc1ccc(-c2cccc(Cl)c2Cl)o1)Nc1cccc(-c2nc3ncccc3o2)c1. The Morgan fingerprint density at radius 3 is 2.73 bits per heavy atom. The van der Waals surface area contributed by atoms with Crippen molar-refractivity contribution >= 4 is 52.1 Å². The molecule has 0 atom stereocenters. The molecule has 0 fully saturated rings. The number of aromatic nitrogens is 2. The first-order valence-corrected chi connectivity index (χ1v) is 10.7. The van der Waals surface area contributed by atoms with Crippen LogP contribution in [0.5, 0.6) is 0 Å². The van der Waals surface area contributed by atoms with Crippen molar-refractivity contribution in [1.82, 2.24) is 9.97 Å². The number of pyridine rings is 1. The second kappa shape index (κ2) is 8.94. The molecule has 6 nitrogen and oxygen atoms in total. The summed E-state index contributed by atoms with van der Waals surface area (Å²) in [5.41, 5.74) is 3.13. The van der Waals surface area contributed by atoms with E-state index in [9.17, 15) is 4.79 Å². The molecular formula is C25H15Cl2N3O3. The highest BCUT2D eigenvalue weighted by Gasteiger charge is 2.11. The van der Waals surface area contributed by atoms with Crippen LogP contribution < -0.4 is 5.32 Å². The molecule has 0 unspecified atom stereocenters. The third kappa shape index (κ3) is 4.53. The molecule has 3 aromatic heterocycles. The van der Waals surface area contributed by atoms with E-state index >= 15 is 0 Å². The predicted molar refractivity (Wildman–Crippen MR) is 129 cm³/mol. The first-order valence-electron chi connectivity index (χ1n) is 9.92. The second-order valence-electron chi connectivity index (χ2n) is 7.05. The van der Waals surface area contributed by atoms with E-state index in [4.69, 9.17) is 32.0 Å². The molecule has 0 aliphatic heterocycles. The fourth-order valence-corrected chi connectivity index (χ4v) is 3.64. The van der Waals surface area contributed by atoms with Gasteiger partial charge in [-0.05, 0) is 60.7 Å². The van der Waals surface area contributed by atoms with Crippen LogP contribution in [0, 0.1) is 0 Å². The minimum atomic E-state index is -0.315. The number of carbonyl (C=O) groups excluding carboxylic acids is 1. The number of hydrogen-bond acceptors (Lipinski definition) is 5. The summed E-state index contributed by atoms with van der Waals surface area (Å²) in [6.07, 6.45) is 4.62. The molecule has 0 aliphatic rings. The van der Waals surface area contributed by atoms with Crippen LogP contribution in [0.3, 0.4) is 0 Å². The molecule has 162 valence electrons. The lowest BCUT2D eigenvalue weighted by atomic mass is 10.2. The predicted octanol–water partition coefficient (Wildman–Crippen LogP) is 7.11. The van der Waals surface area contributed by atoms with Crippen LogP contribution in [-0.2, 0) is 4.79 Å². The van der Waals surface area contributed by atoms with Gasteiger partial charge in [-0.1, -0.05) is 35.3 Å². The zero-order valence-electron chi connectivity index (χ0n) is 17.0. The maximum atomic E-state index is 12.4. The monoisotopic (exact) mass is 475 g/mol. The van der Waals surface area contributed by atoms with Gasteiger partial charge in [-0.25, -0.2) is 4.98 Å². The summed E-state index contributed by atoms with van der Waals surface area (Å²) in [4.78, 5) is 21.0. The number of halogens is 2. The number of rotatable bonds is 5. The minimum Gasteiger partial charge on any atom is -0.457 e. The molecule has 33 heavy (non-hydrogen) atoms. The fraction of sp³-hybridized carbons (Fsp3) is 0. The summed E-state index contributed by atoms with van der Waals surface area (Å²) < 4.78 is 11.5. The number of fused-ring (bicyclic) bond motifs is 1. The van der Waals surface area contributed by atoms with Gasteiger partial charge in [0.2, 0.25) is 11.8 Å². The Morgan fingerprint density at radius 1 is 0.970 bits per heavy atom. The topological polar surface area (TPSA) is 81.2 Å². The average Bonchev–Trinajstić information content (AvgIpc) is 3.47. The van der Waals surface area contributed by atoms with Gasteiger partial charge in [-0.2, -0.15) is 4.98 Å². The van der Waals surface area contributed by atoms with Gasteiger partial charge in [0.25, 0.3) is 0 Å². The summed E-state index contributed by atoms with van der Waals surface area (Å²) >= 11 is 12.3. The molecular weight excluding hydrogens is 461 g/mol. The largest absolute Gasteiger partial charge is 0.457 e. The van der Waals surface area contributed by atoms with Crippen molar-refractivity contribution in [3.05, 3.63) is 94.8 Å². The van der Waals surface area contributed by atoms with Crippen LogP contribution in [0.1, 0.15) is 5.76 Å². The van der Waals surface area contributed by atoms with Crippen molar-refractivity contribution < 1.29 is 13.6 Å². The van der Waals surface area contributed by atoms with Crippen molar-refractivity contribution in [3.8, 4) is 22.8 Å². The molecule has 0 aliphatic carbocycles. The van der Waals surface area contributed by atoms with E-state index in [0.29, 0.717) is 49.9 Å². The van der Waals surface area contributed by atoms with E-state index in [2.05, 4.69) is 15.3 Å². The van der Waals surface area contributed by atoms with Gasteiger partial charge < -0.3 is 14.2 Å². The number of amides is 1. The highest BCUT2D eigenvalue weighted by Crippen LogP contribution is 2.34. The molecule has 0 spiro atoms. The summed E-state index contributed by atoms with van der Waals surface area (Å²) in [7, 11) is 0. The van der Waals surface area contributed by atoms with E-state index in [1.165, 1.54) is 6.08 Å². The summed E-state index contributed by atoms with van der Waals surface area (Å²) in [6, 6.07) is 19.6. The number of oxazole rings is 1. The van der Waals surface area contributed by atoms with E-state index in [1.807, 2.05) is 18.2 Å². The standard InChI is InChI=1S/C25H15Cl2N3O3/c26-19-7-2-6-18(23(19)27)20-11-9-17(32-20)10-12-22(31)29-16-5-1-4-15(14-16)25-30-24-21(33-25)8-3-13-28-24/h1-14H,(H,29,31). The molecule has 1 N–H and O–H groups in total. The lowest BCUT2D eigenvalue weighted by Crippen LogP contribution is -2.07. The van der Waals surface area contributed by atoms with Gasteiger partial charge in [0, 0.05) is 29.1 Å². The highest BCUT2D eigenvalue weighted by molar-refractivity contribution is 6.43. The molecule has 0 bridgehead atoms. The number of carbonyl (C=O) groups is 1. The molecule has 5 aromatic rings. The van der Waals surface area contributed by atoms with Crippen molar-refractivity contribution in [2.24, 2.45) is 0 Å². The van der Waals surface area contributed by atoms with Crippen LogP contribution in [0.4, 0.5) is 5.69 Å². The Labute approximate surface area is 198 Å². The maximum absolute atomic E-state index is 12.4. The lowest BCUT2D eigenvalue weighted by molar-refractivity contribution is -0.111. The van der Waals surface area contributed by atoms with Crippen LogP contribution in [-0.4, -0.2) is 15.9 Å². The summed E-state index contributed by atoms with van der Waals surface area (Å²) in [6.45, 7) is 0. The van der Waals surface area contributed by atoms with Crippen LogP contribution in [0.25, 0.3) is 40.1 Å². The number of benzene rings is 2. The number of nitrogens with one attached hydrogen (secondary N) is 1. The van der Waals surface area contributed by atoms with Crippen molar-refractivity contribution in [3.63, 3.8) is 0 Å². The van der Waals surface area contributed by atoms with Gasteiger partial charge in [0.15, 0.2) is 11.2 Å². The summed E-state index contributed by atoms with van der Waals surface area (Å²) in [5.74, 6) is 1.18. The third-order valence-electron chi connectivity index (χ3n) is 4.78. The van der Waals surface area contributed by atoms with Crippen molar-refractivity contribution in [2.45, 2.75) is 0 Å².